The summed E-state index contributed by atoms with van der Waals surface area (Å²) in [7, 11) is -3.50. The lowest BCUT2D eigenvalue weighted by molar-refractivity contribution is 0.596. The van der Waals surface area contributed by atoms with Gasteiger partial charge in [0.25, 0.3) is 0 Å². The minimum Gasteiger partial charge on any atom is -0.327 e. The van der Waals surface area contributed by atoms with Gasteiger partial charge >= 0.3 is 0 Å². The maximum Gasteiger partial charge on any atom is 0.182 e. The summed E-state index contributed by atoms with van der Waals surface area (Å²) in [5.41, 5.74) is 5.96. The standard InChI is InChI=1S/C11H14FNO2S/c1-9-4-2-3-5-11(9)16(14,15)8-10(6-12)7-13/h2-6H,7-8,13H2,1H3/b10-6+. The monoisotopic (exact) mass is 243 g/mol. The van der Waals surface area contributed by atoms with E-state index >= 15 is 0 Å². The molecule has 0 aliphatic rings. The molecule has 0 atom stereocenters. The van der Waals surface area contributed by atoms with Gasteiger partial charge < -0.3 is 5.73 Å². The van der Waals surface area contributed by atoms with Crippen molar-refractivity contribution in [3.8, 4) is 0 Å². The molecule has 16 heavy (non-hydrogen) atoms. The first-order chi connectivity index (χ1) is 7.51. The Labute approximate surface area is 94.7 Å². The third-order valence-corrected chi connectivity index (χ3v) is 4.10. The summed E-state index contributed by atoms with van der Waals surface area (Å²) in [6, 6.07) is 6.61. The number of rotatable bonds is 4. The van der Waals surface area contributed by atoms with Gasteiger partial charge in [0.15, 0.2) is 9.84 Å². The highest BCUT2D eigenvalue weighted by atomic mass is 32.2. The average Bonchev–Trinajstić information content (AvgIpc) is 2.26. The molecule has 1 aromatic carbocycles. The number of sulfone groups is 1. The van der Waals surface area contributed by atoms with Crippen molar-refractivity contribution in [2.24, 2.45) is 5.73 Å². The van der Waals surface area contributed by atoms with Crippen LogP contribution in [0.3, 0.4) is 0 Å². The molecule has 0 amide bonds. The lowest BCUT2D eigenvalue weighted by Crippen LogP contribution is -2.15. The van der Waals surface area contributed by atoms with E-state index in [0.29, 0.717) is 5.56 Å². The second-order valence-corrected chi connectivity index (χ2v) is 5.45. The van der Waals surface area contributed by atoms with E-state index in [1.54, 1.807) is 25.1 Å². The molecule has 0 aliphatic carbocycles. The first-order valence-electron chi connectivity index (χ1n) is 4.78. The van der Waals surface area contributed by atoms with Gasteiger partial charge in [-0.05, 0) is 24.1 Å². The second-order valence-electron chi connectivity index (χ2n) is 3.50. The van der Waals surface area contributed by atoms with E-state index in [9.17, 15) is 12.8 Å². The molecule has 5 heteroatoms. The summed E-state index contributed by atoms with van der Waals surface area (Å²) in [6.07, 6.45) is 0.260. The molecule has 1 rings (SSSR count). The highest BCUT2D eigenvalue weighted by molar-refractivity contribution is 7.91. The SMILES string of the molecule is Cc1ccccc1S(=O)(=O)C/C(=C/F)CN. The largest absolute Gasteiger partial charge is 0.327 e. The van der Waals surface area contributed by atoms with Gasteiger partial charge in [0, 0.05) is 6.54 Å². The van der Waals surface area contributed by atoms with Gasteiger partial charge in [-0.15, -0.1) is 0 Å². The fourth-order valence-corrected chi connectivity index (χ4v) is 3.03. The molecule has 0 aliphatic heterocycles. The molecule has 3 nitrogen and oxygen atoms in total. The summed E-state index contributed by atoms with van der Waals surface area (Å²) in [5.74, 6) is -0.370. The highest BCUT2D eigenvalue weighted by Crippen LogP contribution is 2.17. The van der Waals surface area contributed by atoms with Crippen molar-refractivity contribution in [2.45, 2.75) is 11.8 Å². The van der Waals surface area contributed by atoms with Crippen molar-refractivity contribution in [3.63, 3.8) is 0 Å². The molecule has 0 saturated heterocycles. The van der Waals surface area contributed by atoms with E-state index in [1.807, 2.05) is 0 Å². The normalized spacial score (nSPS) is 12.8. The number of halogens is 1. The molecular weight excluding hydrogens is 229 g/mol. The van der Waals surface area contributed by atoms with Crippen LogP contribution in [0.5, 0.6) is 0 Å². The maximum atomic E-state index is 12.3. The molecule has 0 heterocycles. The van der Waals surface area contributed by atoms with Crippen LogP contribution in [0.15, 0.2) is 41.1 Å². The number of hydrogen-bond acceptors (Lipinski definition) is 3. The van der Waals surface area contributed by atoms with Crippen molar-refractivity contribution < 1.29 is 12.8 Å². The summed E-state index contributed by atoms with van der Waals surface area (Å²) in [5, 5.41) is 0. The van der Waals surface area contributed by atoms with E-state index in [-0.39, 0.29) is 29.1 Å². The van der Waals surface area contributed by atoms with Crippen molar-refractivity contribution in [2.75, 3.05) is 12.3 Å². The van der Waals surface area contributed by atoms with Gasteiger partial charge in [-0.1, -0.05) is 18.2 Å². The van der Waals surface area contributed by atoms with Crippen LogP contribution in [0.1, 0.15) is 5.56 Å². The quantitative estimate of drug-likeness (QED) is 0.873. The molecule has 0 aromatic heterocycles. The van der Waals surface area contributed by atoms with Crippen LogP contribution < -0.4 is 5.73 Å². The minimum absolute atomic E-state index is 0.0725. The Morgan fingerprint density at radius 3 is 2.56 bits per heavy atom. The molecule has 0 radical (unpaired) electrons. The fraction of sp³-hybridized carbons (Fsp3) is 0.273. The zero-order valence-corrected chi connectivity index (χ0v) is 9.80. The van der Waals surface area contributed by atoms with E-state index in [2.05, 4.69) is 0 Å². The van der Waals surface area contributed by atoms with E-state index in [4.69, 9.17) is 5.73 Å². The fourth-order valence-electron chi connectivity index (χ4n) is 1.36. The molecular formula is C11H14FNO2S. The second kappa shape index (κ2) is 5.23. The Morgan fingerprint density at radius 2 is 2.06 bits per heavy atom. The molecule has 0 spiro atoms. The number of aryl methyl sites for hydroxylation is 1. The Bertz CT molecular complexity index is 494. The van der Waals surface area contributed by atoms with Crippen molar-refractivity contribution in [1.82, 2.24) is 0 Å². The summed E-state index contributed by atoms with van der Waals surface area (Å²) < 4.78 is 36.1. The third-order valence-electron chi connectivity index (χ3n) is 2.22. The van der Waals surface area contributed by atoms with Crippen LogP contribution in [0.4, 0.5) is 4.39 Å². The summed E-state index contributed by atoms with van der Waals surface area (Å²) >= 11 is 0. The topological polar surface area (TPSA) is 60.2 Å². The van der Waals surface area contributed by atoms with Crippen LogP contribution in [0.2, 0.25) is 0 Å². The lowest BCUT2D eigenvalue weighted by atomic mass is 10.2. The van der Waals surface area contributed by atoms with Gasteiger partial charge in [-0.25, -0.2) is 12.8 Å². The Kier molecular flexibility index (Phi) is 4.20. The maximum absolute atomic E-state index is 12.3. The summed E-state index contributed by atoms with van der Waals surface area (Å²) in [6.45, 7) is 1.61. The molecule has 2 N–H and O–H groups in total. The molecule has 0 bridgehead atoms. The first kappa shape index (κ1) is 12.9. The van der Waals surface area contributed by atoms with Gasteiger partial charge in [0.1, 0.15) is 0 Å². The smallest absolute Gasteiger partial charge is 0.182 e. The molecule has 0 saturated carbocycles. The minimum atomic E-state index is -3.50. The average molecular weight is 243 g/mol. The van der Waals surface area contributed by atoms with Crippen LogP contribution in [-0.2, 0) is 9.84 Å². The van der Waals surface area contributed by atoms with E-state index < -0.39 is 9.84 Å². The zero-order valence-electron chi connectivity index (χ0n) is 8.98. The Balaban J connectivity index is 3.09. The van der Waals surface area contributed by atoms with Crippen LogP contribution >= 0.6 is 0 Å². The Morgan fingerprint density at radius 1 is 1.44 bits per heavy atom. The lowest BCUT2D eigenvalue weighted by Gasteiger charge is -2.08. The van der Waals surface area contributed by atoms with Crippen LogP contribution in [0.25, 0.3) is 0 Å². The van der Waals surface area contributed by atoms with Gasteiger partial charge in [-0.2, -0.15) is 0 Å². The van der Waals surface area contributed by atoms with Crippen molar-refractivity contribution >= 4 is 9.84 Å². The van der Waals surface area contributed by atoms with Gasteiger partial charge in [0.2, 0.25) is 0 Å². The van der Waals surface area contributed by atoms with Crippen LogP contribution in [-0.4, -0.2) is 20.7 Å². The van der Waals surface area contributed by atoms with E-state index in [0.717, 1.165) is 0 Å². The van der Waals surface area contributed by atoms with Gasteiger partial charge in [0.05, 0.1) is 17.0 Å². The first-order valence-corrected chi connectivity index (χ1v) is 6.43. The molecule has 88 valence electrons. The molecule has 1 aromatic rings. The zero-order chi connectivity index (χ0) is 12.2. The van der Waals surface area contributed by atoms with Crippen molar-refractivity contribution in [3.05, 3.63) is 41.7 Å². The number of benzene rings is 1. The number of nitrogens with two attached hydrogens (primary N) is 1. The van der Waals surface area contributed by atoms with Gasteiger partial charge in [-0.3, -0.25) is 0 Å². The van der Waals surface area contributed by atoms with Crippen molar-refractivity contribution in [1.29, 1.82) is 0 Å². The number of hydrogen-bond donors (Lipinski definition) is 1. The predicted molar refractivity (Wildman–Crippen MR) is 61.5 cm³/mol. The Hall–Kier alpha value is -1.20. The summed E-state index contributed by atoms with van der Waals surface area (Å²) in [4.78, 5) is 0.225. The highest BCUT2D eigenvalue weighted by Gasteiger charge is 2.18. The predicted octanol–water partition coefficient (Wildman–Crippen LogP) is 1.58. The molecule has 0 fully saturated rings. The third kappa shape index (κ3) is 2.90. The van der Waals surface area contributed by atoms with Crippen LogP contribution in [0, 0.1) is 6.92 Å². The molecule has 0 unspecified atom stereocenters. The van der Waals surface area contributed by atoms with E-state index in [1.165, 1.54) is 6.07 Å².